The van der Waals surface area contributed by atoms with Crippen LogP contribution in [0.1, 0.15) is 23.0 Å². The van der Waals surface area contributed by atoms with Crippen LogP contribution >= 0.6 is 11.6 Å². The number of aromatic carboxylic acids is 1. The lowest BCUT2D eigenvalue weighted by Gasteiger charge is -2.09. The molecular weight excluding hydrogens is 312 g/mol. The normalized spacial score (nSPS) is 10.7. The number of nitrogens with zero attached hydrogens (tertiary/aromatic N) is 2. The number of rotatable bonds is 4. The van der Waals surface area contributed by atoms with Crippen LogP contribution < -0.4 is 0 Å². The lowest BCUT2D eigenvalue weighted by molar-refractivity contribution is 0.0696. The minimum atomic E-state index is -0.978. The standard InChI is InChI=1S/C18H15ClN2O2/c1-2-15-16(18(22)23)17(12-7-4-3-5-8-12)21(20-15)14-10-6-9-13(19)11-14/h3-11H,2H2,1H3,(H,22,23). The van der Waals surface area contributed by atoms with E-state index in [1.165, 1.54) is 0 Å². The first-order valence-corrected chi connectivity index (χ1v) is 7.66. The summed E-state index contributed by atoms with van der Waals surface area (Å²) in [5, 5.41) is 14.8. The van der Waals surface area contributed by atoms with Crippen LogP contribution in [0.2, 0.25) is 5.02 Å². The van der Waals surface area contributed by atoms with Crippen molar-refractivity contribution in [2.45, 2.75) is 13.3 Å². The van der Waals surface area contributed by atoms with Gasteiger partial charge in [0.05, 0.1) is 17.1 Å². The van der Waals surface area contributed by atoms with Crippen molar-refractivity contribution in [3.8, 4) is 16.9 Å². The highest BCUT2D eigenvalue weighted by Crippen LogP contribution is 2.30. The van der Waals surface area contributed by atoms with Gasteiger partial charge in [0, 0.05) is 10.6 Å². The topological polar surface area (TPSA) is 55.1 Å². The molecule has 0 aliphatic carbocycles. The first kappa shape index (κ1) is 15.3. The minimum absolute atomic E-state index is 0.235. The molecule has 5 heteroatoms. The fourth-order valence-corrected chi connectivity index (χ4v) is 2.78. The lowest BCUT2D eigenvalue weighted by atomic mass is 10.0. The van der Waals surface area contributed by atoms with E-state index in [2.05, 4.69) is 5.10 Å². The Morgan fingerprint density at radius 1 is 1.17 bits per heavy atom. The van der Waals surface area contributed by atoms with Crippen LogP contribution in [-0.2, 0) is 6.42 Å². The van der Waals surface area contributed by atoms with Gasteiger partial charge in [-0.3, -0.25) is 0 Å². The maximum atomic E-state index is 11.8. The summed E-state index contributed by atoms with van der Waals surface area (Å²) in [6.45, 7) is 1.89. The summed E-state index contributed by atoms with van der Waals surface area (Å²) >= 11 is 6.08. The first-order chi connectivity index (χ1) is 11.1. The molecule has 0 aliphatic heterocycles. The van der Waals surface area contributed by atoms with E-state index >= 15 is 0 Å². The zero-order valence-electron chi connectivity index (χ0n) is 12.5. The lowest BCUT2D eigenvalue weighted by Crippen LogP contribution is -2.03. The molecule has 3 aromatic rings. The van der Waals surface area contributed by atoms with E-state index in [1.807, 2.05) is 49.4 Å². The van der Waals surface area contributed by atoms with Gasteiger partial charge < -0.3 is 5.11 Å². The van der Waals surface area contributed by atoms with E-state index < -0.39 is 5.97 Å². The van der Waals surface area contributed by atoms with Crippen LogP contribution in [0.5, 0.6) is 0 Å². The molecular formula is C18H15ClN2O2. The van der Waals surface area contributed by atoms with Gasteiger partial charge in [-0.25, -0.2) is 9.48 Å². The number of carboxylic acid groups (broad SMARTS) is 1. The van der Waals surface area contributed by atoms with Crippen molar-refractivity contribution >= 4 is 17.6 Å². The number of aryl methyl sites for hydroxylation is 1. The van der Waals surface area contributed by atoms with Crippen molar-refractivity contribution in [2.75, 3.05) is 0 Å². The Labute approximate surface area is 139 Å². The quantitative estimate of drug-likeness (QED) is 0.770. The molecule has 0 atom stereocenters. The van der Waals surface area contributed by atoms with E-state index in [-0.39, 0.29) is 5.56 Å². The highest BCUT2D eigenvalue weighted by atomic mass is 35.5. The maximum Gasteiger partial charge on any atom is 0.339 e. The van der Waals surface area contributed by atoms with Gasteiger partial charge in [0.1, 0.15) is 5.56 Å². The second kappa shape index (κ2) is 6.26. The van der Waals surface area contributed by atoms with Gasteiger partial charge >= 0.3 is 5.97 Å². The molecule has 0 radical (unpaired) electrons. The van der Waals surface area contributed by atoms with Gasteiger partial charge in [-0.15, -0.1) is 0 Å². The molecule has 0 spiro atoms. The summed E-state index contributed by atoms with van der Waals surface area (Å²) in [7, 11) is 0. The molecule has 0 unspecified atom stereocenters. The molecule has 1 aromatic heterocycles. The Bertz CT molecular complexity index is 857. The minimum Gasteiger partial charge on any atom is -0.478 e. The number of hydrogen-bond acceptors (Lipinski definition) is 2. The number of halogens is 1. The third-order valence-electron chi connectivity index (χ3n) is 3.61. The Kier molecular flexibility index (Phi) is 4.17. The van der Waals surface area contributed by atoms with Crippen LogP contribution in [0.3, 0.4) is 0 Å². The summed E-state index contributed by atoms with van der Waals surface area (Å²) < 4.78 is 1.66. The van der Waals surface area contributed by atoms with Crippen molar-refractivity contribution in [2.24, 2.45) is 0 Å². The van der Waals surface area contributed by atoms with Gasteiger partial charge in [0.25, 0.3) is 0 Å². The van der Waals surface area contributed by atoms with Crippen molar-refractivity contribution in [1.29, 1.82) is 0 Å². The maximum absolute atomic E-state index is 11.8. The van der Waals surface area contributed by atoms with Crippen molar-refractivity contribution < 1.29 is 9.90 Å². The Balaban J connectivity index is 2.34. The molecule has 1 N–H and O–H groups in total. The van der Waals surface area contributed by atoms with E-state index in [4.69, 9.17) is 11.6 Å². The van der Waals surface area contributed by atoms with Gasteiger partial charge in [0.2, 0.25) is 0 Å². The van der Waals surface area contributed by atoms with Crippen molar-refractivity contribution in [3.63, 3.8) is 0 Å². The predicted octanol–water partition coefficient (Wildman–Crippen LogP) is 4.45. The second-order valence-corrected chi connectivity index (χ2v) is 5.52. The van der Waals surface area contributed by atoms with Crippen LogP contribution in [0.15, 0.2) is 54.6 Å². The van der Waals surface area contributed by atoms with Gasteiger partial charge in [-0.05, 0) is 24.6 Å². The molecule has 0 saturated carbocycles. The molecule has 0 amide bonds. The van der Waals surface area contributed by atoms with Crippen LogP contribution in [-0.4, -0.2) is 20.9 Å². The predicted molar refractivity (Wildman–Crippen MR) is 90.3 cm³/mol. The Hall–Kier alpha value is -2.59. The first-order valence-electron chi connectivity index (χ1n) is 7.28. The van der Waals surface area contributed by atoms with Crippen LogP contribution in [0, 0.1) is 0 Å². The molecule has 3 rings (SSSR count). The average molecular weight is 327 g/mol. The molecule has 4 nitrogen and oxygen atoms in total. The number of aromatic nitrogens is 2. The highest BCUT2D eigenvalue weighted by molar-refractivity contribution is 6.30. The Morgan fingerprint density at radius 3 is 2.52 bits per heavy atom. The van der Waals surface area contributed by atoms with Crippen LogP contribution in [0.25, 0.3) is 16.9 Å². The number of benzene rings is 2. The number of hydrogen-bond donors (Lipinski definition) is 1. The molecule has 0 bridgehead atoms. The molecule has 23 heavy (non-hydrogen) atoms. The molecule has 2 aromatic carbocycles. The van der Waals surface area contributed by atoms with E-state index in [0.29, 0.717) is 22.8 Å². The van der Waals surface area contributed by atoms with Gasteiger partial charge in [-0.1, -0.05) is 54.9 Å². The van der Waals surface area contributed by atoms with Gasteiger partial charge in [0.15, 0.2) is 0 Å². The third-order valence-corrected chi connectivity index (χ3v) is 3.84. The molecule has 116 valence electrons. The van der Waals surface area contributed by atoms with Gasteiger partial charge in [-0.2, -0.15) is 5.10 Å². The summed E-state index contributed by atoms with van der Waals surface area (Å²) in [5.41, 5.74) is 2.89. The SMILES string of the molecule is CCc1nn(-c2cccc(Cl)c2)c(-c2ccccc2)c1C(=O)O. The van der Waals surface area contributed by atoms with E-state index in [9.17, 15) is 9.90 Å². The highest BCUT2D eigenvalue weighted by Gasteiger charge is 2.24. The summed E-state index contributed by atoms with van der Waals surface area (Å²) in [6.07, 6.45) is 0.537. The smallest absolute Gasteiger partial charge is 0.339 e. The fraction of sp³-hybridized carbons (Fsp3) is 0.111. The largest absolute Gasteiger partial charge is 0.478 e. The van der Waals surface area contributed by atoms with Crippen molar-refractivity contribution in [1.82, 2.24) is 9.78 Å². The summed E-state index contributed by atoms with van der Waals surface area (Å²) in [5.74, 6) is -0.978. The summed E-state index contributed by atoms with van der Waals surface area (Å²) in [4.78, 5) is 11.8. The number of carbonyl (C=O) groups is 1. The Morgan fingerprint density at radius 2 is 1.91 bits per heavy atom. The van der Waals surface area contributed by atoms with E-state index in [0.717, 1.165) is 11.3 Å². The number of carboxylic acids is 1. The third kappa shape index (κ3) is 2.85. The average Bonchev–Trinajstić information content (AvgIpc) is 2.95. The fourth-order valence-electron chi connectivity index (χ4n) is 2.59. The second-order valence-electron chi connectivity index (χ2n) is 5.09. The van der Waals surface area contributed by atoms with Crippen molar-refractivity contribution in [3.05, 3.63) is 70.9 Å². The molecule has 0 aliphatic rings. The molecule has 0 fully saturated rings. The summed E-state index contributed by atoms with van der Waals surface area (Å²) in [6, 6.07) is 16.6. The molecule has 0 saturated heterocycles. The molecule has 1 heterocycles. The van der Waals surface area contributed by atoms with Crippen LogP contribution in [0.4, 0.5) is 0 Å². The van der Waals surface area contributed by atoms with E-state index in [1.54, 1.807) is 16.8 Å². The zero-order valence-corrected chi connectivity index (χ0v) is 13.3. The zero-order chi connectivity index (χ0) is 16.4. The monoisotopic (exact) mass is 326 g/mol.